The summed E-state index contributed by atoms with van der Waals surface area (Å²) < 4.78 is 26.3. The van der Waals surface area contributed by atoms with Gasteiger partial charge in [-0.3, -0.25) is 4.79 Å². The van der Waals surface area contributed by atoms with E-state index in [4.69, 9.17) is 0 Å². The fourth-order valence-electron chi connectivity index (χ4n) is 2.71. The van der Waals surface area contributed by atoms with E-state index in [1.165, 1.54) is 19.2 Å². The predicted molar refractivity (Wildman–Crippen MR) is 92.4 cm³/mol. The minimum Gasteiger partial charge on any atom is -0.480 e. The molecule has 1 atom stereocenters. The van der Waals surface area contributed by atoms with Crippen LogP contribution in [0.5, 0.6) is 0 Å². The Bertz CT molecular complexity index is 811. The second kappa shape index (κ2) is 7.15. The van der Waals surface area contributed by atoms with Gasteiger partial charge < -0.3 is 5.11 Å². The maximum atomic E-state index is 12.7. The van der Waals surface area contributed by atoms with Crippen molar-refractivity contribution in [3.63, 3.8) is 0 Å². The number of nitrogens with zero attached hydrogens (tertiary/aromatic N) is 1. The zero-order valence-corrected chi connectivity index (χ0v) is 14.7. The Morgan fingerprint density at radius 3 is 2.12 bits per heavy atom. The Balaban J connectivity index is 2.35. The van der Waals surface area contributed by atoms with Crippen molar-refractivity contribution in [3.8, 4) is 0 Å². The SMILES string of the molecule is Cc1cc(C)cc(C[C@H](C(=O)O)N(C)S(=O)(=O)c2ccccc2)c1. The minimum absolute atomic E-state index is 0.0826. The number of sulfonamides is 1. The van der Waals surface area contributed by atoms with Gasteiger partial charge in [-0.2, -0.15) is 4.31 Å². The van der Waals surface area contributed by atoms with Gasteiger partial charge in [-0.05, 0) is 38.0 Å². The molecule has 6 heteroatoms. The van der Waals surface area contributed by atoms with Gasteiger partial charge in [0.15, 0.2) is 0 Å². The van der Waals surface area contributed by atoms with Gasteiger partial charge in [0.1, 0.15) is 6.04 Å². The molecule has 0 aliphatic heterocycles. The molecule has 2 aromatic carbocycles. The van der Waals surface area contributed by atoms with Crippen LogP contribution in [0.15, 0.2) is 53.4 Å². The number of carboxylic acids is 1. The van der Waals surface area contributed by atoms with E-state index in [2.05, 4.69) is 0 Å². The molecule has 0 saturated heterocycles. The van der Waals surface area contributed by atoms with Crippen LogP contribution in [0.25, 0.3) is 0 Å². The fourth-order valence-corrected chi connectivity index (χ4v) is 4.04. The normalized spacial score (nSPS) is 13.0. The Kier molecular flexibility index (Phi) is 5.41. The lowest BCUT2D eigenvalue weighted by Crippen LogP contribution is -2.43. The monoisotopic (exact) mass is 347 g/mol. The summed E-state index contributed by atoms with van der Waals surface area (Å²) in [5.74, 6) is -1.17. The standard InChI is InChI=1S/C18H21NO4S/c1-13-9-14(2)11-15(10-13)12-17(18(20)21)19(3)24(22,23)16-7-5-4-6-8-16/h4-11,17H,12H2,1-3H3,(H,20,21)/t17-/m1/s1. The molecule has 1 N–H and O–H groups in total. The Hall–Kier alpha value is -2.18. The van der Waals surface area contributed by atoms with E-state index < -0.39 is 22.0 Å². The highest BCUT2D eigenvalue weighted by molar-refractivity contribution is 7.89. The summed E-state index contributed by atoms with van der Waals surface area (Å²) in [6, 6.07) is 12.4. The average Bonchev–Trinajstić information content (AvgIpc) is 2.51. The molecule has 0 heterocycles. The molecule has 2 aromatic rings. The summed E-state index contributed by atoms with van der Waals surface area (Å²) in [5, 5.41) is 9.55. The third-order valence-corrected chi connectivity index (χ3v) is 5.74. The smallest absolute Gasteiger partial charge is 0.322 e. The van der Waals surface area contributed by atoms with E-state index in [0.29, 0.717) is 0 Å². The molecule has 0 bridgehead atoms. The second-order valence-electron chi connectivity index (χ2n) is 5.89. The quantitative estimate of drug-likeness (QED) is 0.872. The molecule has 5 nitrogen and oxygen atoms in total. The Labute approximate surface area is 142 Å². The molecular weight excluding hydrogens is 326 g/mol. The number of benzene rings is 2. The van der Waals surface area contributed by atoms with Crippen molar-refractivity contribution in [2.75, 3.05) is 7.05 Å². The lowest BCUT2D eigenvalue weighted by atomic mass is 10.0. The van der Waals surface area contributed by atoms with Gasteiger partial charge in [-0.15, -0.1) is 0 Å². The highest BCUT2D eigenvalue weighted by atomic mass is 32.2. The van der Waals surface area contributed by atoms with Crippen LogP contribution in [0.4, 0.5) is 0 Å². The molecule has 0 radical (unpaired) electrons. The maximum Gasteiger partial charge on any atom is 0.322 e. The van der Waals surface area contributed by atoms with E-state index in [1.807, 2.05) is 32.0 Å². The molecule has 0 amide bonds. The first-order valence-corrected chi connectivity index (χ1v) is 8.99. The molecule has 2 rings (SSSR count). The summed E-state index contributed by atoms with van der Waals surface area (Å²) in [7, 11) is -2.56. The summed E-state index contributed by atoms with van der Waals surface area (Å²) in [4.78, 5) is 11.8. The number of hydrogen-bond donors (Lipinski definition) is 1. The highest BCUT2D eigenvalue weighted by Gasteiger charge is 2.32. The van der Waals surface area contributed by atoms with Crippen LogP contribution in [0.1, 0.15) is 16.7 Å². The van der Waals surface area contributed by atoms with Crippen LogP contribution in [-0.2, 0) is 21.2 Å². The number of hydrogen-bond acceptors (Lipinski definition) is 3. The number of rotatable bonds is 6. The van der Waals surface area contributed by atoms with Crippen molar-refractivity contribution in [1.82, 2.24) is 4.31 Å². The van der Waals surface area contributed by atoms with Gasteiger partial charge in [0, 0.05) is 7.05 Å². The summed E-state index contributed by atoms with van der Waals surface area (Å²) >= 11 is 0. The molecule has 0 unspecified atom stereocenters. The average molecular weight is 347 g/mol. The maximum absolute atomic E-state index is 12.7. The van der Waals surface area contributed by atoms with E-state index in [-0.39, 0.29) is 11.3 Å². The number of aliphatic carboxylic acids is 1. The van der Waals surface area contributed by atoms with E-state index in [1.54, 1.807) is 18.2 Å². The van der Waals surface area contributed by atoms with Crippen LogP contribution in [-0.4, -0.2) is 36.9 Å². The minimum atomic E-state index is -3.87. The van der Waals surface area contributed by atoms with Crippen LogP contribution in [0.3, 0.4) is 0 Å². The lowest BCUT2D eigenvalue weighted by molar-refractivity contribution is -0.141. The third kappa shape index (κ3) is 4.01. The van der Waals surface area contributed by atoms with Gasteiger partial charge in [-0.1, -0.05) is 47.5 Å². The van der Waals surface area contributed by atoms with Gasteiger partial charge in [0.2, 0.25) is 10.0 Å². The molecule has 0 saturated carbocycles. The summed E-state index contributed by atoms with van der Waals surface area (Å²) in [6.45, 7) is 3.85. The first-order valence-electron chi connectivity index (χ1n) is 7.55. The topological polar surface area (TPSA) is 74.7 Å². The van der Waals surface area contributed by atoms with Crippen molar-refractivity contribution in [2.45, 2.75) is 31.2 Å². The molecular formula is C18H21NO4S. The van der Waals surface area contributed by atoms with Crippen molar-refractivity contribution in [2.24, 2.45) is 0 Å². The van der Waals surface area contributed by atoms with Crippen molar-refractivity contribution in [1.29, 1.82) is 0 Å². The predicted octanol–water partition coefficient (Wildman–Crippen LogP) is 2.62. The zero-order valence-electron chi connectivity index (χ0n) is 13.9. The first kappa shape index (κ1) is 18.2. The number of aryl methyl sites for hydroxylation is 2. The van der Waals surface area contributed by atoms with E-state index in [9.17, 15) is 18.3 Å². The number of carbonyl (C=O) groups is 1. The zero-order chi connectivity index (χ0) is 17.9. The molecule has 0 spiro atoms. The lowest BCUT2D eigenvalue weighted by Gasteiger charge is -2.24. The van der Waals surface area contributed by atoms with Gasteiger partial charge >= 0.3 is 5.97 Å². The fraction of sp³-hybridized carbons (Fsp3) is 0.278. The summed E-state index contributed by atoms with van der Waals surface area (Å²) in [5.41, 5.74) is 2.83. The highest BCUT2D eigenvalue weighted by Crippen LogP contribution is 2.20. The second-order valence-corrected chi connectivity index (χ2v) is 7.89. The molecule has 128 valence electrons. The van der Waals surface area contributed by atoms with Crippen molar-refractivity contribution < 1.29 is 18.3 Å². The van der Waals surface area contributed by atoms with Crippen LogP contribution in [0.2, 0.25) is 0 Å². The molecule has 0 aliphatic rings. The van der Waals surface area contributed by atoms with Crippen LogP contribution in [0, 0.1) is 13.8 Å². The third-order valence-electron chi connectivity index (χ3n) is 3.85. The number of carboxylic acid groups (broad SMARTS) is 1. The van der Waals surface area contributed by atoms with Gasteiger partial charge in [0.05, 0.1) is 4.90 Å². The first-order chi connectivity index (χ1) is 11.2. The Morgan fingerprint density at radius 2 is 1.62 bits per heavy atom. The molecule has 0 fully saturated rings. The molecule has 0 aliphatic carbocycles. The Morgan fingerprint density at radius 1 is 1.08 bits per heavy atom. The van der Waals surface area contributed by atoms with E-state index in [0.717, 1.165) is 21.0 Å². The van der Waals surface area contributed by atoms with E-state index >= 15 is 0 Å². The molecule has 0 aromatic heterocycles. The van der Waals surface area contributed by atoms with Crippen LogP contribution < -0.4 is 0 Å². The number of likely N-dealkylation sites (N-methyl/N-ethyl adjacent to an activating group) is 1. The van der Waals surface area contributed by atoms with Crippen molar-refractivity contribution in [3.05, 3.63) is 65.2 Å². The molecule has 24 heavy (non-hydrogen) atoms. The van der Waals surface area contributed by atoms with Crippen LogP contribution >= 0.6 is 0 Å². The van der Waals surface area contributed by atoms with Gasteiger partial charge in [0.25, 0.3) is 0 Å². The van der Waals surface area contributed by atoms with Crippen molar-refractivity contribution >= 4 is 16.0 Å². The van der Waals surface area contributed by atoms with Gasteiger partial charge in [-0.25, -0.2) is 8.42 Å². The summed E-state index contributed by atoms with van der Waals surface area (Å²) in [6.07, 6.45) is 0.112. The largest absolute Gasteiger partial charge is 0.480 e.